The van der Waals surface area contributed by atoms with E-state index in [9.17, 15) is 5.11 Å². The first-order valence-corrected chi connectivity index (χ1v) is 11.0. The van der Waals surface area contributed by atoms with E-state index in [4.69, 9.17) is 21.1 Å². The Morgan fingerprint density at radius 2 is 1.94 bits per heavy atom. The fraction of sp³-hybridized carbons (Fsp3) is 0.120. The molecule has 2 N–H and O–H groups in total. The molecule has 6 rings (SSSR count). The highest BCUT2D eigenvalue weighted by Gasteiger charge is 2.24. The summed E-state index contributed by atoms with van der Waals surface area (Å²) < 4.78 is 12.0. The molecule has 0 saturated carbocycles. The number of tetrazole rings is 1. The van der Waals surface area contributed by atoms with Crippen LogP contribution >= 0.6 is 11.6 Å². The Kier molecular flexibility index (Phi) is 5.09. The van der Waals surface area contributed by atoms with Crippen molar-refractivity contribution in [3.8, 4) is 22.9 Å². The molecular formula is C25H18ClN5O3. The number of fused-ring (bicyclic) bond motifs is 3. The lowest BCUT2D eigenvalue weighted by molar-refractivity contribution is 0.217. The lowest BCUT2D eigenvalue weighted by atomic mass is 9.95. The minimum absolute atomic E-state index is 0.281. The number of nitrogens with one attached hydrogen (secondary N) is 1. The van der Waals surface area contributed by atoms with E-state index in [0.29, 0.717) is 34.5 Å². The molecule has 0 radical (unpaired) electrons. The highest BCUT2D eigenvalue weighted by atomic mass is 35.5. The molecule has 1 atom stereocenters. The molecule has 8 nitrogen and oxygen atoms in total. The largest absolute Gasteiger partial charge is 0.488 e. The number of aromatic amines is 1. The van der Waals surface area contributed by atoms with Gasteiger partial charge in [0.25, 0.3) is 0 Å². The smallest absolute Gasteiger partial charge is 0.179 e. The van der Waals surface area contributed by atoms with Crippen LogP contribution < -0.4 is 9.47 Å². The lowest BCUT2D eigenvalue weighted by Gasteiger charge is -2.15. The molecule has 168 valence electrons. The molecule has 1 aliphatic heterocycles. The average molecular weight is 472 g/mol. The predicted molar refractivity (Wildman–Crippen MR) is 126 cm³/mol. The number of nitrogens with zero attached hydrogens (tertiary/aromatic N) is 4. The molecule has 0 spiro atoms. The number of aromatic nitrogens is 5. The normalized spacial score (nSPS) is 14.7. The van der Waals surface area contributed by atoms with Crippen molar-refractivity contribution in [2.24, 2.45) is 0 Å². The first kappa shape index (κ1) is 20.6. The number of aliphatic hydroxyl groups is 1. The van der Waals surface area contributed by atoms with E-state index in [-0.39, 0.29) is 6.61 Å². The standard InChI is InChI=1S/C25H18ClN5O3/c26-17-4-1-14-2-5-18(27-22(14)10-17)13-33-19-6-8-23-21(11-19)24(32)20-7-3-15(9-16(20)12-34-23)25-28-30-31-29-25/h1-11,24,32H,12-13H2,(H,28,29,30,31). The van der Waals surface area contributed by atoms with Crippen molar-refractivity contribution < 1.29 is 14.6 Å². The van der Waals surface area contributed by atoms with Crippen molar-refractivity contribution in [1.82, 2.24) is 25.6 Å². The van der Waals surface area contributed by atoms with Gasteiger partial charge in [-0.05, 0) is 64.0 Å². The Morgan fingerprint density at radius 3 is 2.82 bits per heavy atom. The summed E-state index contributed by atoms with van der Waals surface area (Å²) in [4.78, 5) is 4.63. The van der Waals surface area contributed by atoms with Crippen molar-refractivity contribution in [1.29, 1.82) is 0 Å². The monoisotopic (exact) mass is 471 g/mol. The van der Waals surface area contributed by atoms with Crippen LogP contribution in [0.5, 0.6) is 11.5 Å². The number of halogens is 1. The van der Waals surface area contributed by atoms with E-state index < -0.39 is 6.10 Å². The zero-order valence-electron chi connectivity index (χ0n) is 17.8. The SMILES string of the molecule is OC1c2ccc(-c3nnn[nH]3)cc2COc2ccc(OCc3ccc4ccc(Cl)cc4n3)cc21. The van der Waals surface area contributed by atoms with Gasteiger partial charge >= 0.3 is 0 Å². The van der Waals surface area contributed by atoms with E-state index >= 15 is 0 Å². The van der Waals surface area contributed by atoms with Crippen LogP contribution in [0, 0.1) is 0 Å². The van der Waals surface area contributed by atoms with Gasteiger partial charge in [0.05, 0.1) is 11.2 Å². The van der Waals surface area contributed by atoms with Gasteiger partial charge in [0.1, 0.15) is 30.8 Å². The molecule has 9 heteroatoms. The molecule has 1 aliphatic rings. The Morgan fingerprint density at radius 1 is 1.03 bits per heavy atom. The topological polar surface area (TPSA) is 106 Å². The van der Waals surface area contributed by atoms with Crippen LogP contribution in [-0.4, -0.2) is 30.7 Å². The van der Waals surface area contributed by atoms with E-state index in [0.717, 1.165) is 33.3 Å². The highest BCUT2D eigenvalue weighted by molar-refractivity contribution is 6.31. The molecule has 5 aromatic rings. The third-order valence-corrected chi connectivity index (χ3v) is 6.05. The summed E-state index contributed by atoms with van der Waals surface area (Å²) >= 11 is 6.09. The minimum atomic E-state index is -0.862. The Balaban J connectivity index is 1.25. The van der Waals surface area contributed by atoms with E-state index in [1.165, 1.54) is 0 Å². The first-order valence-electron chi connectivity index (χ1n) is 10.6. The summed E-state index contributed by atoms with van der Waals surface area (Å²) in [5, 5.41) is 26.7. The fourth-order valence-corrected chi connectivity index (χ4v) is 4.25. The first-order chi connectivity index (χ1) is 16.6. The van der Waals surface area contributed by atoms with Gasteiger partial charge in [-0.1, -0.05) is 35.9 Å². The maximum Gasteiger partial charge on any atom is 0.179 e. The number of hydrogen-bond acceptors (Lipinski definition) is 7. The molecule has 0 fully saturated rings. The minimum Gasteiger partial charge on any atom is -0.488 e. The van der Waals surface area contributed by atoms with E-state index in [1.807, 2.05) is 60.7 Å². The Hall–Kier alpha value is -4.01. The lowest BCUT2D eigenvalue weighted by Crippen LogP contribution is -2.03. The number of ether oxygens (including phenoxy) is 2. The van der Waals surface area contributed by atoms with Gasteiger partial charge in [0, 0.05) is 21.5 Å². The van der Waals surface area contributed by atoms with Crippen LogP contribution in [0.15, 0.2) is 66.7 Å². The number of aliphatic hydroxyl groups excluding tert-OH is 1. The van der Waals surface area contributed by atoms with Gasteiger partial charge in [-0.2, -0.15) is 0 Å². The molecule has 3 heterocycles. The van der Waals surface area contributed by atoms with Crippen LogP contribution in [0.4, 0.5) is 0 Å². The maximum absolute atomic E-state index is 11.2. The van der Waals surface area contributed by atoms with Gasteiger partial charge in [0.15, 0.2) is 5.82 Å². The summed E-state index contributed by atoms with van der Waals surface area (Å²) in [6, 6.07) is 20.6. The molecule has 0 saturated heterocycles. The number of pyridine rings is 1. The number of benzene rings is 3. The van der Waals surface area contributed by atoms with Gasteiger partial charge < -0.3 is 14.6 Å². The van der Waals surface area contributed by atoms with E-state index in [1.54, 1.807) is 6.07 Å². The number of hydrogen-bond donors (Lipinski definition) is 2. The van der Waals surface area contributed by atoms with Gasteiger partial charge in [-0.25, -0.2) is 10.1 Å². The molecule has 0 aliphatic carbocycles. The second-order valence-electron chi connectivity index (χ2n) is 7.98. The predicted octanol–water partition coefficient (Wildman–Crippen LogP) is 4.62. The number of H-pyrrole nitrogens is 1. The zero-order chi connectivity index (χ0) is 23.1. The maximum atomic E-state index is 11.2. The van der Waals surface area contributed by atoms with E-state index in [2.05, 4.69) is 25.6 Å². The van der Waals surface area contributed by atoms with Crippen LogP contribution in [-0.2, 0) is 13.2 Å². The van der Waals surface area contributed by atoms with Crippen LogP contribution in [0.2, 0.25) is 5.02 Å². The second kappa shape index (κ2) is 8.40. The van der Waals surface area contributed by atoms with Crippen molar-refractivity contribution in [2.45, 2.75) is 19.3 Å². The molecule has 34 heavy (non-hydrogen) atoms. The summed E-state index contributed by atoms with van der Waals surface area (Å²) in [6.45, 7) is 0.599. The van der Waals surface area contributed by atoms with Crippen molar-refractivity contribution in [3.63, 3.8) is 0 Å². The van der Waals surface area contributed by atoms with Gasteiger partial charge in [-0.15, -0.1) is 5.10 Å². The fourth-order valence-electron chi connectivity index (χ4n) is 4.08. The molecule has 2 aromatic heterocycles. The van der Waals surface area contributed by atoms with Crippen LogP contribution in [0.1, 0.15) is 28.5 Å². The van der Waals surface area contributed by atoms with Crippen molar-refractivity contribution in [3.05, 3.63) is 94.1 Å². The summed E-state index contributed by atoms with van der Waals surface area (Å²) in [6.07, 6.45) is -0.862. The third-order valence-electron chi connectivity index (χ3n) is 5.81. The molecular weight excluding hydrogens is 454 g/mol. The van der Waals surface area contributed by atoms with Crippen molar-refractivity contribution in [2.75, 3.05) is 0 Å². The van der Waals surface area contributed by atoms with Crippen molar-refractivity contribution >= 4 is 22.5 Å². The summed E-state index contributed by atoms with van der Waals surface area (Å²) in [7, 11) is 0. The molecule has 0 amide bonds. The quantitative estimate of drug-likeness (QED) is 0.394. The van der Waals surface area contributed by atoms with Gasteiger partial charge in [0.2, 0.25) is 0 Å². The average Bonchev–Trinajstić information content (AvgIpc) is 3.36. The van der Waals surface area contributed by atoms with Crippen LogP contribution in [0.3, 0.4) is 0 Å². The second-order valence-corrected chi connectivity index (χ2v) is 8.42. The zero-order valence-corrected chi connectivity index (χ0v) is 18.5. The molecule has 3 aromatic carbocycles. The molecule has 0 bridgehead atoms. The Labute approximate surface area is 199 Å². The third kappa shape index (κ3) is 3.83. The summed E-state index contributed by atoms with van der Waals surface area (Å²) in [5.74, 6) is 1.78. The Bertz CT molecular complexity index is 1510. The van der Waals surface area contributed by atoms with Gasteiger partial charge in [-0.3, -0.25) is 0 Å². The van der Waals surface area contributed by atoms with Crippen LogP contribution in [0.25, 0.3) is 22.3 Å². The molecule has 1 unspecified atom stereocenters. The summed E-state index contributed by atoms with van der Waals surface area (Å²) in [5.41, 5.74) is 4.68. The highest BCUT2D eigenvalue weighted by Crippen LogP contribution is 2.39. The number of rotatable bonds is 4.